The van der Waals surface area contributed by atoms with Crippen molar-refractivity contribution in [2.45, 2.75) is 46.0 Å². The van der Waals surface area contributed by atoms with E-state index in [9.17, 15) is 0 Å². The first-order valence-corrected chi connectivity index (χ1v) is 5.77. The smallest absolute Gasteiger partial charge is 0.0209 e. The summed E-state index contributed by atoms with van der Waals surface area (Å²) in [6.45, 7) is 4.92. The molecule has 3 saturated carbocycles. The van der Waals surface area contributed by atoms with Crippen molar-refractivity contribution >= 4 is 0 Å². The molecule has 0 N–H and O–H groups in total. The topological polar surface area (TPSA) is 0 Å². The molecule has 12 heavy (non-hydrogen) atoms. The van der Waals surface area contributed by atoms with E-state index < -0.39 is 0 Å². The van der Waals surface area contributed by atoms with E-state index in [2.05, 4.69) is 13.8 Å². The van der Waals surface area contributed by atoms with Gasteiger partial charge in [0.05, 0.1) is 0 Å². The summed E-state index contributed by atoms with van der Waals surface area (Å²) < 4.78 is 0. The van der Waals surface area contributed by atoms with Crippen molar-refractivity contribution in [2.75, 3.05) is 0 Å². The summed E-state index contributed by atoms with van der Waals surface area (Å²) in [4.78, 5) is 0. The van der Waals surface area contributed by atoms with E-state index in [1.54, 1.807) is 32.1 Å². The highest BCUT2D eigenvalue weighted by Gasteiger charge is 2.71. The second-order valence-corrected chi connectivity index (χ2v) is 5.63. The van der Waals surface area contributed by atoms with Gasteiger partial charge in [0.2, 0.25) is 0 Å². The Balaban J connectivity index is 1.91. The van der Waals surface area contributed by atoms with Gasteiger partial charge in [0.1, 0.15) is 0 Å². The van der Waals surface area contributed by atoms with Gasteiger partial charge in [0, 0.05) is 0 Å². The Morgan fingerprint density at radius 1 is 1.17 bits per heavy atom. The molecule has 0 heterocycles. The molecule has 0 heteroatoms. The van der Waals surface area contributed by atoms with E-state index in [1.807, 2.05) is 0 Å². The Morgan fingerprint density at radius 3 is 2.67 bits per heavy atom. The molecule has 0 amide bonds. The summed E-state index contributed by atoms with van der Waals surface area (Å²) in [6, 6.07) is 0. The van der Waals surface area contributed by atoms with Crippen LogP contribution in [0, 0.1) is 29.1 Å². The Kier molecular flexibility index (Phi) is 1.28. The highest BCUT2D eigenvalue weighted by molar-refractivity contribution is 5.19. The summed E-state index contributed by atoms with van der Waals surface area (Å²) >= 11 is 0. The van der Waals surface area contributed by atoms with Crippen LogP contribution in [0.2, 0.25) is 0 Å². The van der Waals surface area contributed by atoms with Crippen LogP contribution in [0.15, 0.2) is 0 Å². The molecule has 68 valence electrons. The third kappa shape index (κ3) is 0.625. The standard InChI is InChI=1S/C12H20/c1-8(2)12-7-6-9-4-3-5-10(12)11(9)12/h8-11H,3-7H2,1-2H3. The van der Waals surface area contributed by atoms with Crippen LogP contribution in [0.5, 0.6) is 0 Å². The molecule has 3 aliphatic carbocycles. The molecule has 0 nitrogen and oxygen atoms in total. The zero-order valence-corrected chi connectivity index (χ0v) is 8.34. The summed E-state index contributed by atoms with van der Waals surface area (Å²) in [5.74, 6) is 4.48. The van der Waals surface area contributed by atoms with Crippen LogP contribution in [0.3, 0.4) is 0 Å². The monoisotopic (exact) mass is 164 g/mol. The molecule has 4 unspecified atom stereocenters. The number of hydrogen-bond donors (Lipinski definition) is 0. The van der Waals surface area contributed by atoms with Crippen LogP contribution >= 0.6 is 0 Å². The van der Waals surface area contributed by atoms with E-state index in [-0.39, 0.29) is 0 Å². The fourth-order valence-electron chi connectivity index (χ4n) is 4.78. The fourth-order valence-corrected chi connectivity index (χ4v) is 4.78. The molecular weight excluding hydrogens is 144 g/mol. The molecule has 3 aliphatic rings. The van der Waals surface area contributed by atoms with Crippen LogP contribution in [0.1, 0.15) is 46.0 Å². The van der Waals surface area contributed by atoms with E-state index in [1.165, 1.54) is 11.8 Å². The van der Waals surface area contributed by atoms with Crippen LogP contribution in [0.4, 0.5) is 0 Å². The molecule has 3 fully saturated rings. The average Bonchev–Trinajstić information content (AvgIpc) is 2.51. The van der Waals surface area contributed by atoms with Crippen molar-refractivity contribution in [1.82, 2.24) is 0 Å². The van der Waals surface area contributed by atoms with Crippen LogP contribution in [-0.4, -0.2) is 0 Å². The number of hydrogen-bond acceptors (Lipinski definition) is 0. The quantitative estimate of drug-likeness (QED) is 0.556. The summed E-state index contributed by atoms with van der Waals surface area (Å²) in [7, 11) is 0. The van der Waals surface area contributed by atoms with Gasteiger partial charge in [0.25, 0.3) is 0 Å². The van der Waals surface area contributed by atoms with Crippen molar-refractivity contribution in [3.8, 4) is 0 Å². The zero-order valence-electron chi connectivity index (χ0n) is 8.34. The molecule has 0 saturated heterocycles. The van der Waals surface area contributed by atoms with Crippen LogP contribution in [0.25, 0.3) is 0 Å². The lowest BCUT2D eigenvalue weighted by atomic mass is 9.83. The third-order valence-corrected chi connectivity index (χ3v) is 5.26. The van der Waals surface area contributed by atoms with Crippen molar-refractivity contribution in [2.24, 2.45) is 29.1 Å². The van der Waals surface area contributed by atoms with E-state index >= 15 is 0 Å². The van der Waals surface area contributed by atoms with Crippen molar-refractivity contribution < 1.29 is 0 Å². The predicted octanol–water partition coefficient (Wildman–Crippen LogP) is 3.47. The van der Waals surface area contributed by atoms with Gasteiger partial charge in [-0.1, -0.05) is 26.7 Å². The maximum atomic E-state index is 2.46. The van der Waals surface area contributed by atoms with E-state index in [0.717, 1.165) is 17.3 Å². The Bertz CT molecular complexity index is 206. The zero-order chi connectivity index (χ0) is 8.34. The molecule has 4 atom stereocenters. The van der Waals surface area contributed by atoms with Gasteiger partial charge in [0.15, 0.2) is 0 Å². The van der Waals surface area contributed by atoms with Crippen molar-refractivity contribution in [1.29, 1.82) is 0 Å². The van der Waals surface area contributed by atoms with Crippen molar-refractivity contribution in [3.63, 3.8) is 0 Å². The Labute approximate surface area is 75.7 Å². The van der Waals surface area contributed by atoms with Gasteiger partial charge in [-0.2, -0.15) is 0 Å². The van der Waals surface area contributed by atoms with Gasteiger partial charge in [-0.25, -0.2) is 0 Å². The van der Waals surface area contributed by atoms with E-state index in [0.29, 0.717) is 0 Å². The lowest BCUT2D eigenvalue weighted by Gasteiger charge is -2.22. The Hall–Kier alpha value is 0. The second kappa shape index (κ2) is 2.08. The molecule has 0 aromatic heterocycles. The van der Waals surface area contributed by atoms with Gasteiger partial charge in [-0.05, 0) is 48.3 Å². The largest absolute Gasteiger partial charge is 0.0622 e. The van der Waals surface area contributed by atoms with Crippen LogP contribution < -0.4 is 0 Å². The Morgan fingerprint density at radius 2 is 2.00 bits per heavy atom. The fraction of sp³-hybridized carbons (Fsp3) is 1.00. The first-order valence-electron chi connectivity index (χ1n) is 5.77. The predicted molar refractivity (Wildman–Crippen MR) is 50.8 cm³/mol. The maximum Gasteiger partial charge on any atom is -0.0209 e. The first-order chi connectivity index (χ1) is 5.77. The molecule has 0 aromatic carbocycles. The second-order valence-electron chi connectivity index (χ2n) is 5.63. The average molecular weight is 164 g/mol. The van der Waals surface area contributed by atoms with Crippen molar-refractivity contribution in [3.05, 3.63) is 0 Å². The minimum absolute atomic E-state index is 0.862. The van der Waals surface area contributed by atoms with Gasteiger partial charge >= 0.3 is 0 Å². The summed E-state index contributed by atoms with van der Waals surface area (Å²) in [6.07, 6.45) is 7.82. The van der Waals surface area contributed by atoms with Gasteiger partial charge in [-0.15, -0.1) is 0 Å². The highest BCUT2D eigenvalue weighted by atomic mass is 14.8. The number of rotatable bonds is 1. The molecular formula is C12H20. The molecule has 0 spiro atoms. The summed E-state index contributed by atoms with van der Waals surface area (Å²) in [5.41, 5.74) is 0.862. The normalized spacial score (nSPS) is 55.8. The molecule has 3 rings (SSSR count). The molecule has 0 aliphatic heterocycles. The minimum atomic E-state index is 0.862. The first kappa shape index (κ1) is 7.41. The van der Waals surface area contributed by atoms with E-state index in [4.69, 9.17) is 0 Å². The SMILES string of the molecule is CC(C)C12CCC3CCCC1C32. The lowest BCUT2D eigenvalue weighted by molar-refractivity contribution is 0.284. The maximum absolute atomic E-state index is 2.46. The minimum Gasteiger partial charge on any atom is -0.0622 e. The van der Waals surface area contributed by atoms with Gasteiger partial charge in [-0.3, -0.25) is 0 Å². The third-order valence-electron chi connectivity index (χ3n) is 5.26. The molecule has 0 aromatic rings. The summed E-state index contributed by atoms with van der Waals surface area (Å²) in [5, 5.41) is 0. The molecule has 0 radical (unpaired) electrons. The van der Waals surface area contributed by atoms with Crippen LogP contribution in [-0.2, 0) is 0 Å². The number of fused-ring (bicyclic) bond motifs is 1. The van der Waals surface area contributed by atoms with Gasteiger partial charge < -0.3 is 0 Å². The highest BCUT2D eigenvalue weighted by Crippen LogP contribution is 2.77. The molecule has 0 bridgehead atoms. The lowest BCUT2D eigenvalue weighted by Crippen LogP contribution is -2.12.